The Bertz CT molecular complexity index is 1020. The van der Waals surface area contributed by atoms with Crippen LogP contribution in [0.2, 0.25) is 15.2 Å². The molecule has 0 saturated heterocycles. The number of halogens is 3. The van der Waals surface area contributed by atoms with Gasteiger partial charge in [-0.25, -0.2) is 10.1 Å². The van der Waals surface area contributed by atoms with Gasteiger partial charge in [0.2, 0.25) is 0 Å². The van der Waals surface area contributed by atoms with E-state index in [1.54, 1.807) is 28.9 Å². The summed E-state index contributed by atoms with van der Waals surface area (Å²) in [5, 5.41) is 10.0. The molecule has 0 bridgehead atoms. The summed E-state index contributed by atoms with van der Waals surface area (Å²) in [7, 11) is 0. The van der Waals surface area contributed by atoms with Crippen molar-refractivity contribution in [2.24, 2.45) is 5.10 Å². The number of aryl methyl sites for hydroxylation is 1. The number of hydrazone groups is 1. The molecule has 0 unspecified atom stereocenters. The van der Waals surface area contributed by atoms with Crippen LogP contribution in [0.4, 0.5) is 0 Å². The SMILES string of the molecule is Cc1nn(Cc2ccc(Cl)cc2)c(Cl)c1/C=N/NC(=O)COc1ccc(Cl)cc1. The Labute approximate surface area is 183 Å². The second kappa shape index (κ2) is 9.78. The van der Waals surface area contributed by atoms with E-state index >= 15 is 0 Å². The van der Waals surface area contributed by atoms with Crippen molar-refractivity contribution in [3.05, 3.63) is 80.6 Å². The van der Waals surface area contributed by atoms with Crippen LogP contribution in [-0.2, 0) is 11.3 Å². The standard InChI is InChI=1S/C20H17Cl3N4O2/c1-13-18(20(23)27(26-13)11-14-2-4-15(21)5-3-14)10-24-25-19(28)12-29-17-8-6-16(22)7-9-17/h2-10H,11-12H2,1H3,(H,25,28)/b24-10+. The fourth-order valence-corrected chi connectivity index (χ4v) is 3.00. The minimum atomic E-state index is -0.404. The molecule has 3 rings (SSSR count). The number of amides is 1. The first kappa shape index (κ1) is 21.2. The number of benzene rings is 2. The summed E-state index contributed by atoms with van der Waals surface area (Å²) in [4.78, 5) is 11.9. The number of carbonyl (C=O) groups excluding carboxylic acids is 1. The maximum Gasteiger partial charge on any atom is 0.277 e. The van der Waals surface area contributed by atoms with Gasteiger partial charge < -0.3 is 4.74 Å². The largest absolute Gasteiger partial charge is 0.484 e. The van der Waals surface area contributed by atoms with Gasteiger partial charge in [0.25, 0.3) is 5.91 Å². The molecule has 0 spiro atoms. The number of ether oxygens (including phenoxy) is 1. The highest BCUT2D eigenvalue weighted by molar-refractivity contribution is 6.32. The number of carbonyl (C=O) groups is 1. The molecule has 1 heterocycles. The highest BCUT2D eigenvalue weighted by atomic mass is 35.5. The zero-order valence-electron chi connectivity index (χ0n) is 15.4. The first-order valence-corrected chi connectivity index (χ1v) is 9.73. The average Bonchev–Trinajstić information content (AvgIpc) is 2.96. The van der Waals surface area contributed by atoms with Gasteiger partial charge in [0.05, 0.1) is 24.0 Å². The van der Waals surface area contributed by atoms with Crippen molar-refractivity contribution < 1.29 is 9.53 Å². The molecule has 0 fully saturated rings. The van der Waals surface area contributed by atoms with E-state index in [-0.39, 0.29) is 6.61 Å². The summed E-state index contributed by atoms with van der Waals surface area (Å²) in [6.45, 7) is 2.13. The molecule has 1 amide bonds. The van der Waals surface area contributed by atoms with Gasteiger partial charge in [-0.05, 0) is 48.9 Å². The van der Waals surface area contributed by atoms with Crippen LogP contribution < -0.4 is 10.2 Å². The van der Waals surface area contributed by atoms with E-state index in [0.29, 0.717) is 38.8 Å². The lowest BCUT2D eigenvalue weighted by Crippen LogP contribution is -2.24. The quantitative estimate of drug-likeness (QED) is 0.417. The van der Waals surface area contributed by atoms with Crippen molar-refractivity contribution >= 4 is 46.9 Å². The topological polar surface area (TPSA) is 68.5 Å². The maximum atomic E-state index is 11.9. The van der Waals surface area contributed by atoms with Gasteiger partial charge in [-0.2, -0.15) is 10.2 Å². The summed E-state index contributed by atoms with van der Waals surface area (Å²) in [6.07, 6.45) is 1.46. The molecule has 29 heavy (non-hydrogen) atoms. The van der Waals surface area contributed by atoms with E-state index in [1.807, 2.05) is 31.2 Å². The first-order chi connectivity index (χ1) is 13.9. The third kappa shape index (κ3) is 5.97. The van der Waals surface area contributed by atoms with E-state index in [2.05, 4.69) is 15.6 Å². The molecule has 1 N–H and O–H groups in total. The molecule has 6 nitrogen and oxygen atoms in total. The molecule has 0 aliphatic rings. The predicted molar refractivity (Wildman–Crippen MR) is 115 cm³/mol. The zero-order valence-corrected chi connectivity index (χ0v) is 17.7. The van der Waals surface area contributed by atoms with Crippen molar-refractivity contribution in [3.8, 4) is 5.75 Å². The number of hydrogen-bond donors (Lipinski definition) is 1. The van der Waals surface area contributed by atoms with Crippen molar-refractivity contribution in [2.75, 3.05) is 6.61 Å². The predicted octanol–water partition coefficient (Wildman–Crippen LogP) is 4.73. The van der Waals surface area contributed by atoms with Gasteiger partial charge in [-0.3, -0.25) is 4.79 Å². The van der Waals surface area contributed by atoms with Gasteiger partial charge in [0.1, 0.15) is 10.9 Å². The Morgan fingerprint density at radius 3 is 2.38 bits per heavy atom. The molecular weight excluding hydrogens is 435 g/mol. The Morgan fingerprint density at radius 2 is 1.72 bits per heavy atom. The van der Waals surface area contributed by atoms with E-state index < -0.39 is 5.91 Å². The molecule has 150 valence electrons. The Balaban J connectivity index is 1.57. The van der Waals surface area contributed by atoms with Crippen molar-refractivity contribution in [1.29, 1.82) is 0 Å². The number of aromatic nitrogens is 2. The van der Waals surface area contributed by atoms with Gasteiger partial charge in [-0.1, -0.05) is 46.9 Å². The fraction of sp³-hybridized carbons (Fsp3) is 0.150. The van der Waals surface area contributed by atoms with Crippen LogP contribution >= 0.6 is 34.8 Å². The van der Waals surface area contributed by atoms with Crippen molar-refractivity contribution in [2.45, 2.75) is 13.5 Å². The monoisotopic (exact) mass is 450 g/mol. The second-order valence-corrected chi connectivity index (χ2v) is 7.34. The molecule has 0 radical (unpaired) electrons. The summed E-state index contributed by atoms with van der Waals surface area (Å²) in [5.41, 5.74) is 4.73. The van der Waals surface area contributed by atoms with Crippen LogP contribution in [0.25, 0.3) is 0 Å². The smallest absolute Gasteiger partial charge is 0.277 e. The van der Waals surface area contributed by atoms with E-state index in [0.717, 1.165) is 5.56 Å². The van der Waals surface area contributed by atoms with Gasteiger partial charge in [0.15, 0.2) is 6.61 Å². The summed E-state index contributed by atoms with van der Waals surface area (Å²) in [5.74, 6) is 0.134. The summed E-state index contributed by atoms with van der Waals surface area (Å²) in [6, 6.07) is 14.2. The van der Waals surface area contributed by atoms with E-state index in [9.17, 15) is 4.79 Å². The van der Waals surface area contributed by atoms with Crippen molar-refractivity contribution in [1.82, 2.24) is 15.2 Å². The molecule has 3 aromatic rings. The van der Waals surface area contributed by atoms with E-state index in [4.69, 9.17) is 39.5 Å². The summed E-state index contributed by atoms with van der Waals surface area (Å²) >= 11 is 18.1. The van der Waals surface area contributed by atoms with Gasteiger partial charge in [-0.15, -0.1) is 0 Å². The number of hydrogen-bond acceptors (Lipinski definition) is 4. The normalized spacial score (nSPS) is 11.0. The third-order valence-electron chi connectivity index (χ3n) is 3.92. The Hall–Kier alpha value is -2.54. The average molecular weight is 452 g/mol. The lowest BCUT2D eigenvalue weighted by molar-refractivity contribution is -0.123. The molecule has 2 aromatic carbocycles. The Morgan fingerprint density at radius 1 is 1.10 bits per heavy atom. The van der Waals surface area contributed by atoms with Crippen molar-refractivity contribution in [3.63, 3.8) is 0 Å². The molecule has 0 saturated carbocycles. The molecule has 0 aliphatic heterocycles. The number of nitrogens with zero attached hydrogens (tertiary/aromatic N) is 3. The molecular formula is C20H17Cl3N4O2. The molecule has 1 aromatic heterocycles. The van der Waals surface area contributed by atoms with Crippen LogP contribution in [0.1, 0.15) is 16.8 Å². The molecule has 0 aliphatic carbocycles. The lowest BCUT2D eigenvalue weighted by Gasteiger charge is -2.05. The number of rotatable bonds is 7. The van der Waals surface area contributed by atoms with Crippen LogP contribution in [-0.4, -0.2) is 28.5 Å². The Kier molecular flexibility index (Phi) is 7.14. The van der Waals surface area contributed by atoms with Gasteiger partial charge >= 0.3 is 0 Å². The lowest BCUT2D eigenvalue weighted by atomic mass is 10.2. The molecule has 0 atom stereocenters. The minimum absolute atomic E-state index is 0.179. The number of nitrogens with one attached hydrogen (secondary N) is 1. The van der Waals surface area contributed by atoms with Crippen LogP contribution in [0.15, 0.2) is 53.6 Å². The maximum absolute atomic E-state index is 11.9. The summed E-state index contributed by atoms with van der Waals surface area (Å²) < 4.78 is 7.02. The fourth-order valence-electron chi connectivity index (χ4n) is 2.46. The highest BCUT2D eigenvalue weighted by Crippen LogP contribution is 2.20. The minimum Gasteiger partial charge on any atom is -0.484 e. The molecule has 9 heteroatoms. The van der Waals surface area contributed by atoms with Crippen LogP contribution in [0.5, 0.6) is 5.75 Å². The third-order valence-corrected chi connectivity index (χ3v) is 4.82. The highest BCUT2D eigenvalue weighted by Gasteiger charge is 2.12. The zero-order chi connectivity index (χ0) is 20.8. The first-order valence-electron chi connectivity index (χ1n) is 8.60. The van der Waals surface area contributed by atoms with Crippen LogP contribution in [0.3, 0.4) is 0 Å². The van der Waals surface area contributed by atoms with Gasteiger partial charge in [0, 0.05) is 10.0 Å². The van der Waals surface area contributed by atoms with Crippen LogP contribution in [0, 0.1) is 6.92 Å². The van der Waals surface area contributed by atoms with E-state index in [1.165, 1.54) is 6.21 Å². The second-order valence-electron chi connectivity index (χ2n) is 6.11.